The molecule has 6 heteroatoms. The van der Waals surface area contributed by atoms with Crippen molar-refractivity contribution in [3.63, 3.8) is 0 Å². The Bertz CT molecular complexity index is 1390. The monoisotopic (exact) mass is 448 g/mol. The first-order valence-corrected chi connectivity index (χ1v) is 11.6. The second kappa shape index (κ2) is 8.53. The van der Waals surface area contributed by atoms with Gasteiger partial charge in [0.2, 0.25) is 0 Å². The van der Waals surface area contributed by atoms with Gasteiger partial charge in [-0.25, -0.2) is 8.42 Å². The molecule has 0 aliphatic carbocycles. The molecule has 0 aliphatic heterocycles. The fraction of sp³-hybridized carbons (Fsp3) is 0.0800. The molecule has 0 saturated heterocycles. The van der Waals surface area contributed by atoms with Crippen LogP contribution in [0.5, 0.6) is 0 Å². The maximum atomic E-state index is 12.8. The zero-order chi connectivity index (χ0) is 22.0. The molecule has 0 amide bonds. The SMILES string of the molecule is CC(=Nc1ccc(C)c(Cl)c1)c1ccc(NS(=O)(=O)c2ccc3ccccc3c2)cc1. The van der Waals surface area contributed by atoms with Gasteiger partial charge < -0.3 is 0 Å². The van der Waals surface area contributed by atoms with Crippen LogP contribution in [0, 0.1) is 6.92 Å². The highest BCUT2D eigenvalue weighted by Gasteiger charge is 2.14. The number of hydrogen-bond acceptors (Lipinski definition) is 3. The predicted molar refractivity (Wildman–Crippen MR) is 129 cm³/mol. The van der Waals surface area contributed by atoms with Gasteiger partial charge in [0.15, 0.2) is 0 Å². The van der Waals surface area contributed by atoms with Crippen molar-refractivity contribution in [3.05, 3.63) is 101 Å². The Morgan fingerprint density at radius 3 is 2.29 bits per heavy atom. The normalized spacial score (nSPS) is 12.2. The lowest BCUT2D eigenvalue weighted by Crippen LogP contribution is -2.13. The standard InChI is InChI=1S/C25H21ClN2O2S/c1-17-7-11-23(16-25(17)26)27-18(2)19-8-12-22(13-9-19)28-31(29,30)24-14-10-20-5-3-4-6-21(20)15-24/h3-16,28H,1-2H3. The van der Waals surface area contributed by atoms with Crippen molar-refractivity contribution in [3.8, 4) is 0 Å². The summed E-state index contributed by atoms with van der Waals surface area (Å²) in [5.74, 6) is 0. The second-order valence-corrected chi connectivity index (χ2v) is 9.41. The van der Waals surface area contributed by atoms with Crippen molar-refractivity contribution >= 4 is 49.5 Å². The molecule has 156 valence electrons. The van der Waals surface area contributed by atoms with Gasteiger partial charge in [-0.05, 0) is 72.1 Å². The average Bonchev–Trinajstić information content (AvgIpc) is 2.76. The van der Waals surface area contributed by atoms with Crippen molar-refractivity contribution in [2.75, 3.05) is 4.72 Å². The quantitative estimate of drug-likeness (QED) is 0.343. The third kappa shape index (κ3) is 4.79. The van der Waals surface area contributed by atoms with Crippen LogP contribution in [0.4, 0.5) is 11.4 Å². The van der Waals surface area contributed by atoms with Crippen LogP contribution in [0.15, 0.2) is 94.8 Å². The molecule has 31 heavy (non-hydrogen) atoms. The minimum atomic E-state index is -3.69. The molecule has 0 spiro atoms. The molecule has 0 radical (unpaired) electrons. The molecule has 0 fully saturated rings. The summed E-state index contributed by atoms with van der Waals surface area (Å²) in [7, 11) is -3.69. The van der Waals surface area contributed by atoms with E-state index < -0.39 is 10.0 Å². The first-order chi connectivity index (χ1) is 14.8. The fourth-order valence-corrected chi connectivity index (χ4v) is 4.51. The lowest BCUT2D eigenvalue weighted by atomic mass is 10.1. The Morgan fingerprint density at radius 1 is 0.871 bits per heavy atom. The van der Waals surface area contributed by atoms with Gasteiger partial charge in [-0.1, -0.05) is 60.1 Å². The highest BCUT2D eigenvalue weighted by molar-refractivity contribution is 7.92. The molecule has 0 bridgehead atoms. The number of sulfonamides is 1. The van der Waals surface area contributed by atoms with E-state index in [9.17, 15) is 8.42 Å². The summed E-state index contributed by atoms with van der Waals surface area (Å²) in [5.41, 5.74) is 3.97. The van der Waals surface area contributed by atoms with Crippen LogP contribution in [0.2, 0.25) is 5.02 Å². The molecule has 0 aromatic heterocycles. The molecule has 4 aromatic rings. The number of hydrogen-bond donors (Lipinski definition) is 1. The summed E-state index contributed by atoms with van der Waals surface area (Å²) in [6.07, 6.45) is 0. The summed E-state index contributed by atoms with van der Waals surface area (Å²) in [6, 6.07) is 25.6. The number of nitrogens with one attached hydrogen (secondary N) is 1. The number of nitrogens with zero attached hydrogens (tertiary/aromatic N) is 1. The molecule has 4 rings (SSSR count). The van der Waals surface area contributed by atoms with E-state index >= 15 is 0 Å². The maximum Gasteiger partial charge on any atom is 0.261 e. The lowest BCUT2D eigenvalue weighted by molar-refractivity contribution is 0.601. The number of aryl methyl sites for hydroxylation is 1. The Labute approximate surface area is 187 Å². The number of aliphatic imine (C=N–C) groups is 1. The smallest absolute Gasteiger partial charge is 0.261 e. The molecule has 0 unspecified atom stereocenters. The Balaban J connectivity index is 1.54. The van der Waals surface area contributed by atoms with E-state index in [2.05, 4.69) is 9.71 Å². The van der Waals surface area contributed by atoms with Crippen LogP contribution in [0.25, 0.3) is 10.8 Å². The number of halogens is 1. The first-order valence-electron chi connectivity index (χ1n) is 9.75. The van der Waals surface area contributed by atoms with E-state index in [1.54, 1.807) is 24.3 Å². The van der Waals surface area contributed by atoms with Crippen LogP contribution in [0.1, 0.15) is 18.1 Å². The van der Waals surface area contributed by atoms with Crippen LogP contribution in [0.3, 0.4) is 0 Å². The van der Waals surface area contributed by atoms with Crippen LogP contribution >= 0.6 is 11.6 Å². The van der Waals surface area contributed by atoms with E-state index in [0.717, 1.165) is 33.3 Å². The molecular weight excluding hydrogens is 428 g/mol. The van der Waals surface area contributed by atoms with Gasteiger partial charge in [-0.3, -0.25) is 9.71 Å². The Morgan fingerprint density at radius 2 is 1.58 bits per heavy atom. The van der Waals surface area contributed by atoms with E-state index in [1.165, 1.54) is 0 Å². The number of fused-ring (bicyclic) bond motifs is 1. The van der Waals surface area contributed by atoms with Gasteiger partial charge in [-0.15, -0.1) is 0 Å². The van der Waals surface area contributed by atoms with E-state index in [1.807, 2.05) is 74.5 Å². The molecule has 0 saturated carbocycles. The third-order valence-corrected chi connectivity index (χ3v) is 6.82. The second-order valence-electron chi connectivity index (χ2n) is 7.32. The minimum absolute atomic E-state index is 0.226. The fourth-order valence-electron chi connectivity index (χ4n) is 3.24. The molecule has 4 nitrogen and oxygen atoms in total. The maximum absolute atomic E-state index is 12.8. The minimum Gasteiger partial charge on any atom is -0.280 e. The largest absolute Gasteiger partial charge is 0.280 e. The summed E-state index contributed by atoms with van der Waals surface area (Å²) < 4.78 is 28.3. The highest BCUT2D eigenvalue weighted by atomic mass is 35.5. The zero-order valence-corrected chi connectivity index (χ0v) is 18.7. The van der Waals surface area contributed by atoms with Crippen LogP contribution in [-0.2, 0) is 10.0 Å². The topological polar surface area (TPSA) is 58.5 Å². The molecule has 0 atom stereocenters. The zero-order valence-electron chi connectivity index (χ0n) is 17.1. The van der Waals surface area contributed by atoms with Crippen LogP contribution < -0.4 is 4.72 Å². The highest BCUT2D eigenvalue weighted by Crippen LogP contribution is 2.24. The van der Waals surface area contributed by atoms with Gasteiger partial charge in [0.25, 0.3) is 10.0 Å². The average molecular weight is 449 g/mol. The lowest BCUT2D eigenvalue weighted by Gasteiger charge is -2.10. The van der Waals surface area contributed by atoms with Crippen LogP contribution in [-0.4, -0.2) is 14.1 Å². The number of rotatable bonds is 5. The van der Waals surface area contributed by atoms with E-state index in [4.69, 9.17) is 11.6 Å². The van der Waals surface area contributed by atoms with Crippen molar-refractivity contribution in [1.29, 1.82) is 0 Å². The summed E-state index contributed by atoms with van der Waals surface area (Å²) in [4.78, 5) is 4.83. The van der Waals surface area contributed by atoms with Gasteiger partial charge in [0, 0.05) is 16.4 Å². The Kier molecular flexibility index (Phi) is 5.81. The molecular formula is C25H21ClN2O2S. The van der Waals surface area contributed by atoms with Crippen molar-refractivity contribution in [1.82, 2.24) is 0 Å². The van der Waals surface area contributed by atoms with E-state index in [0.29, 0.717) is 10.7 Å². The van der Waals surface area contributed by atoms with Gasteiger partial charge in [0.1, 0.15) is 0 Å². The summed E-state index contributed by atoms with van der Waals surface area (Å²) >= 11 is 6.17. The van der Waals surface area contributed by atoms with Gasteiger partial charge >= 0.3 is 0 Å². The first kappa shape index (κ1) is 21.1. The third-order valence-electron chi connectivity index (χ3n) is 5.04. The van der Waals surface area contributed by atoms with Gasteiger partial charge in [-0.2, -0.15) is 0 Å². The van der Waals surface area contributed by atoms with Crippen molar-refractivity contribution in [2.24, 2.45) is 4.99 Å². The molecule has 0 heterocycles. The molecule has 0 aliphatic rings. The summed E-state index contributed by atoms with van der Waals surface area (Å²) in [5, 5.41) is 2.55. The van der Waals surface area contributed by atoms with Crippen molar-refractivity contribution < 1.29 is 8.42 Å². The van der Waals surface area contributed by atoms with E-state index in [-0.39, 0.29) is 4.90 Å². The Hall–Kier alpha value is -3.15. The number of benzene rings is 4. The van der Waals surface area contributed by atoms with Crippen molar-refractivity contribution in [2.45, 2.75) is 18.7 Å². The number of anilines is 1. The molecule has 1 N–H and O–H groups in total. The van der Waals surface area contributed by atoms with Gasteiger partial charge in [0.05, 0.1) is 10.6 Å². The molecule has 4 aromatic carbocycles. The summed E-state index contributed by atoms with van der Waals surface area (Å²) in [6.45, 7) is 3.85. The predicted octanol–water partition coefficient (Wildman–Crippen LogP) is 6.74.